The SMILES string of the molecule is Cc1ccccc1Cc1nc2c(C#N)cccc2n1C. The summed E-state index contributed by atoms with van der Waals surface area (Å²) in [5, 5.41) is 9.17. The Bertz CT molecular complexity index is 822. The van der Waals surface area contributed by atoms with Crippen molar-refractivity contribution in [2.75, 3.05) is 0 Å². The van der Waals surface area contributed by atoms with Crippen molar-refractivity contribution in [3.63, 3.8) is 0 Å². The fraction of sp³-hybridized carbons (Fsp3) is 0.176. The zero-order valence-corrected chi connectivity index (χ0v) is 11.6. The van der Waals surface area contributed by atoms with E-state index in [9.17, 15) is 5.26 Å². The van der Waals surface area contributed by atoms with Gasteiger partial charge in [-0.3, -0.25) is 0 Å². The molecule has 0 N–H and O–H groups in total. The van der Waals surface area contributed by atoms with E-state index in [0.29, 0.717) is 5.56 Å². The third-order valence-corrected chi connectivity index (χ3v) is 3.73. The van der Waals surface area contributed by atoms with Gasteiger partial charge in [-0.1, -0.05) is 30.3 Å². The number of nitrogens with zero attached hydrogens (tertiary/aromatic N) is 3. The number of nitriles is 1. The lowest BCUT2D eigenvalue weighted by atomic mass is 10.1. The first-order valence-corrected chi connectivity index (χ1v) is 6.59. The summed E-state index contributed by atoms with van der Waals surface area (Å²) in [5.74, 6) is 0.983. The summed E-state index contributed by atoms with van der Waals surface area (Å²) < 4.78 is 2.07. The van der Waals surface area contributed by atoms with Gasteiger partial charge < -0.3 is 4.57 Å². The Morgan fingerprint density at radius 2 is 1.95 bits per heavy atom. The van der Waals surface area contributed by atoms with E-state index >= 15 is 0 Å². The van der Waals surface area contributed by atoms with Gasteiger partial charge in [0.05, 0.1) is 11.1 Å². The van der Waals surface area contributed by atoms with Crippen molar-refractivity contribution in [3.05, 3.63) is 65.0 Å². The van der Waals surface area contributed by atoms with Crippen molar-refractivity contribution in [2.24, 2.45) is 7.05 Å². The molecule has 2 aromatic carbocycles. The normalized spacial score (nSPS) is 10.7. The Morgan fingerprint density at radius 3 is 2.70 bits per heavy atom. The molecule has 0 saturated heterocycles. The fourth-order valence-corrected chi connectivity index (χ4v) is 2.49. The van der Waals surface area contributed by atoms with Gasteiger partial charge in [0, 0.05) is 13.5 Å². The number of rotatable bonds is 2. The van der Waals surface area contributed by atoms with Crippen LogP contribution < -0.4 is 0 Å². The summed E-state index contributed by atoms with van der Waals surface area (Å²) in [6.45, 7) is 2.11. The van der Waals surface area contributed by atoms with Gasteiger partial charge in [-0.2, -0.15) is 5.26 Å². The molecule has 0 aliphatic rings. The van der Waals surface area contributed by atoms with E-state index < -0.39 is 0 Å². The second-order valence-electron chi connectivity index (χ2n) is 4.98. The minimum absolute atomic E-state index is 0.633. The molecule has 0 aliphatic heterocycles. The van der Waals surface area contributed by atoms with Crippen LogP contribution in [0.3, 0.4) is 0 Å². The van der Waals surface area contributed by atoms with E-state index in [-0.39, 0.29) is 0 Å². The van der Waals surface area contributed by atoms with Gasteiger partial charge >= 0.3 is 0 Å². The number of aryl methyl sites for hydroxylation is 2. The standard InChI is InChI=1S/C17H15N3/c1-12-6-3-4-7-13(12)10-16-19-17-14(11-18)8-5-9-15(17)20(16)2/h3-9H,10H2,1-2H3. The first-order valence-electron chi connectivity index (χ1n) is 6.59. The molecule has 3 nitrogen and oxygen atoms in total. The van der Waals surface area contributed by atoms with Crippen LogP contribution in [0.5, 0.6) is 0 Å². The molecule has 3 aromatic rings. The molecule has 0 amide bonds. The first-order chi connectivity index (χ1) is 9.70. The number of benzene rings is 2. The molecule has 0 spiro atoms. The van der Waals surface area contributed by atoms with Crippen LogP contribution in [0, 0.1) is 18.3 Å². The second-order valence-corrected chi connectivity index (χ2v) is 4.98. The summed E-state index contributed by atoms with van der Waals surface area (Å²) in [6.07, 6.45) is 0.780. The number of imidazole rings is 1. The predicted molar refractivity (Wildman–Crippen MR) is 79.4 cm³/mol. The highest BCUT2D eigenvalue weighted by atomic mass is 15.1. The molecule has 20 heavy (non-hydrogen) atoms. The molecule has 3 rings (SSSR count). The summed E-state index contributed by atoms with van der Waals surface area (Å²) in [6, 6.07) is 16.3. The molecular formula is C17H15N3. The Kier molecular flexibility index (Phi) is 3.00. The van der Waals surface area contributed by atoms with Crippen molar-refractivity contribution < 1.29 is 0 Å². The van der Waals surface area contributed by atoms with Crippen LogP contribution in [0.4, 0.5) is 0 Å². The molecule has 1 aromatic heterocycles. The molecule has 0 aliphatic carbocycles. The van der Waals surface area contributed by atoms with Crippen molar-refractivity contribution >= 4 is 11.0 Å². The predicted octanol–water partition coefficient (Wildman–Crippen LogP) is 3.34. The third kappa shape index (κ3) is 1.96. The summed E-state index contributed by atoms with van der Waals surface area (Å²) >= 11 is 0. The van der Waals surface area contributed by atoms with Gasteiger partial charge in [0.1, 0.15) is 17.4 Å². The number of para-hydroxylation sites is 1. The Balaban J connectivity index is 2.12. The number of fused-ring (bicyclic) bond motifs is 1. The van der Waals surface area contributed by atoms with Crippen molar-refractivity contribution in [1.82, 2.24) is 9.55 Å². The molecule has 0 unspecified atom stereocenters. The van der Waals surface area contributed by atoms with Crippen molar-refractivity contribution in [1.29, 1.82) is 5.26 Å². The summed E-state index contributed by atoms with van der Waals surface area (Å²) in [7, 11) is 2.00. The molecule has 0 radical (unpaired) electrons. The highest BCUT2D eigenvalue weighted by molar-refractivity contribution is 5.82. The maximum absolute atomic E-state index is 9.17. The molecule has 1 heterocycles. The van der Waals surface area contributed by atoms with Crippen LogP contribution in [0.2, 0.25) is 0 Å². The van der Waals surface area contributed by atoms with E-state index in [4.69, 9.17) is 0 Å². The maximum atomic E-state index is 9.17. The average Bonchev–Trinajstić information content (AvgIpc) is 2.78. The van der Waals surface area contributed by atoms with Gasteiger partial charge in [0.25, 0.3) is 0 Å². The molecule has 0 fully saturated rings. The molecular weight excluding hydrogens is 246 g/mol. The minimum atomic E-state index is 0.633. The molecule has 98 valence electrons. The van der Waals surface area contributed by atoms with Gasteiger partial charge in [-0.05, 0) is 30.2 Å². The molecule has 0 atom stereocenters. The number of hydrogen-bond donors (Lipinski definition) is 0. The molecule has 0 saturated carbocycles. The topological polar surface area (TPSA) is 41.6 Å². The van der Waals surface area contributed by atoms with E-state index in [1.807, 2.05) is 37.4 Å². The maximum Gasteiger partial charge on any atom is 0.114 e. The van der Waals surface area contributed by atoms with E-state index in [1.54, 1.807) is 0 Å². The van der Waals surface area contributed by atoms with Crippen LogP contribution in [-0.4, -0.2) is 9.55 Å². The largest absolute Gasteiger partial charge is 0.331 e. The van der Waals surface area contributed by atoms with Crippen LogP contribution >= 0.6 is 0 Å². The Labute approximate surface area is 118 Å². The quantitative estimate of drug-likeness (QED) is 0.710. The van der Waals surface area contributed by atoms with Crippen molar-refractivity contribution in [2.45, 2.75) is 13.3 Å². The highest BCUT2D eigenvalue weighted by Crippen LogP contribution is 2.21. The van der Waals surface area contributed by atoms with Crippen LogP contribution in [0.15, 0.2) is 42.5 Å². The number of aromatic nitrogens is 2. The lowest BCUT2D eigenvalue weighted by Gasteiger charge is -2.05. The van der Waals surface area contributed by atoms with Gasteiger partial charge in [-0.25, -0.2) is 4.98 Å². The monoisotopic (exact) mass is 261 g/mol. The van der Waals surface area contributed by atoms with Gasteiger partial charge in [0.2, 0.25) is 0 Å². The summed E-state index contributed by atoms with van der Waals surface area (Å²) in [4.78, 5) is 4.66. The fourth-order valence-electron chi connectivity index (χ4n) is 2.49. The lowest BCUT2D eigenvalue weighted by molar-refractivity contribution is 0.842. The second kappa shape index (κ2) is 4.82. The first kappa shape index (κ1) is 12.4. The third-order valence-electron chi connectivity index (χ3n) is 3.73. The van der Waals surface area contributed by atoms with Gasteiger partial charge in [-0.15, -0.1) is 0 Å². The van der Waals surface area contributed by atoms with Crippen LogP contribution in [0.25, 0.3) is 11.0 Å². The van der Waals surface area contributed by atoms with Gasteiger partial charge in [0.15, 0.2) is 0 Å². The average molecular weight is 261 g/mol. The van der Waals surface area contributed by atoms with E-state index in [2.05, 4.69) is 34.7 Å². The molecule has 0 bridgehead atoms. The Morgan fingerprint density at radius 1 is 1.15 bits per heavy atom. The zero-order chi connectivity index (χ0) is 14.1. The molecule has 3 heteroatoms. The highest BCUT2D eigenvalue weighted by Gasteiger charge is 2.11. The zero-order valence-electron chi connectivity index (χ0n) is 11.6. The van der Waals surface area contributed by atoms with Crippen LogP contribution in [-0.2, 0) is 13.5 Å². The smallest absolute Gasteiger partial charge is 0.114 e. The lowest BCUT2D eigenvalue weighted by Crippen LogP contribution is -2.00. The van der Waals surface area contributed by atoms with Crippen molar-refractivity contribution in [3.8, 4) is 6.07 Å². The Hall–Kier alpha value is -2.60. The number of hydrogen-bond acceptors (Lipinski definition) is 2. The van der Waals surface area contributed by atoms with E-state index in [0.717, 1.165) is 23.3 Å². The van der Waals surface area contributed by atoms with E-state index in [1.165, 1.54) is 11.1 Å². The summed E-state index contributed by atoms with van der Waals surface area (Å²) in [5.41, 5.74) is 4.97. The van der Waals surface area contributed by atoms with Crippen LogP contribution in [0.1, 0.15) is 22.5 Å². The minimum Gasteiger partial charge on any atom is -0.331 e.